The third-order valence-electron chi connectivity index (χ3n) is 2.27. The molecule has 0 aliphatic heterocycles. The molecule has 0 saturated carbocycles. The van der Waals surface area contributed by atoms with Crippen molar-refractivity contribution in [3.8, 4) is 0 Å². The van der Waals surface area contributed by atoms with E-state index >= 15 is 0 Å². The minimum absolute atomic E-state index is 0.0817. The summed E-state index contributed by atoms with van der Waals surface area (Å²) >= 11 is 7.45. The highest BCUT2D eigenvalue weighted by Gasteiger charge is 2.20. The smallest absolute Gasteiger partial charge is 0.321 e. The van der Waals surface area contributed by atoms with Crippen molar-refractivity contribution in [3.63, 3.8) is 0 Å². The van der Waals surface area contributed by atoms with Gasteiger partial charge in [-0.3, -0.25) is 19.5 Å². The van der Waals surface area contributed by atoms with Crippen molar-refractivity contribution in [2.75, 3.05) is 6.54 Å². The quantitative estimate of drug-likeness (QED) is 0.585. The molecule has 1 atom stereocenters. The van der Waals surface area contributed by atoms with Gasteiger partial charge in [0.2, 0.25) is 0 Å². The summed E-state index contributed by atoms with van der Waals surface area (Å²) in [5.74, 6) is -0.604. The number of hydrogen-bond acceptors (Lipinski definition) is 4. The maximum atomic E-state index is 11.9. The zero-order chi connectivity index (χ0) is 14.6. The van der Waals surface area contributed by atoms with E-state index in [0.29, 0.717) is 6.54 Å². The summed E-state index contributed by atoms with van der Waals surface area (Å²) in [4.78, 5) is 38.7. The van der Waals surface area contributed by atoms with E-state index in [0.717, 1.165) is 4.57 Å². The Labute approximate surface area is 127 Å². The standard InChI is InChI=1S/C10H12ClIN4O3/c1-3-13-10(19)15-8(17)5(2)16-4-14-7(11)6(12)9(16)18/h4-5H,3H2,1-2H3,(H2,13,15,17,19). The van der Waals surface area contributed by atoms with Crippen LogP contribution >= 0.6 is 34.2 Å². The number of carbonyl (C=O) groups is 2. The number of rotatable bonds is 3. The van der Waals surface area contributed by atoms with Crippen LogP contribution in [0.5, 0.6) is 0 Å². The molecule has 0 fully saturated rings. The predicted octanol–water partition coefficient (Wildman–Crippen LogP) is 0.908. The van der Waals surface area contributed by atoms with E-state index in [1.165, 1.54) is 13.3 Å². The van der Waals surface area contributed by atoms with Crippen LogP contribution in [0.25, 0.3) is 0 Å². The average Bonchev–Trinajstić information content (AvgIpc) is 2.35. The number of amides is 3. The molecule has 104 valence electrons. The Balaban J connectivity index is 2.92. The van der Waals surface area contributed by atoms with Crippen molar-refractivity contribution in [1.29, 1.82) is 0 Å². The molecular formula is C10H12ClIN4O3. The molecule has 0 aliphatic carbocycles. The van der Waals surface area contributed by atoms with E-state index in [-0.39, 0.29) is 8.72 Å². The summed E-state index contributed by atoms with van der Waals surface area (Å²) in [7, 11) is 0. The molecule has 0 spiro atoms. The Bertz CT molecular complexity index is 560. The van der Waals surface area contributed by atoms with Crippen LogP contribution in [0.3, 0.4) is 0 Å². The van der Waals surface area contributed by atoms with Crippen LogP contribution < -0.4 is 16.2 Å². The van der Waals surface area contributed by atoms with Crippen molar-refractivity contribution >= 4 is 46.1 Å². The highest BCUT2D eigenvalue weighted by molar-refractivity contribution is 14.1. The Morgan fingerprint density at radius 2 is 2.21 bits per heavy atom. The van der Waals surface area contributed by atoms with Gasteiger partial charge in [0.25, 0.3) is 11.5 Å². The number of carbonyl (C=O) groups excluding carboxylic acids is 2. The second-order valence-electron chi connectivity index (χ2n) is 3.59. The summed E-state index contributed by atoms with van der Waals surface area (Å²) < 4.78 is 1.33. The van der Waals surface area contributed by atoms with Gasteiger partial charge in [0.15, 0.2) is 0 Å². The molecule has 2 N–H and O–H groups in total. The molecule has 19 heavy (non-hydrogen) atoms. The first-order chi connectivity index (χ1) is 8.88. The number of aromatic nitrogens is 2. The van der Waals surface area contributed by atoms with Crippen molar-refractivity contribution in [3.05, 3.63) is 25.4 Å². The maximum Gasteiger partial charge on any atom is 0.321 e. The topological polar surface area (TPSA) is 93.1 Å². The highest BCUT2D eigenvalue weighted by atomic mass is 127. The zero-order valence-corrected chi connectivity index (χ0v) is 13.2. The number of hydrogen-bond donors (Lipinski definition) is 2. The SMILES string of the molecule is CCNC(=O)NC(=O)C(C)n1cnc(Cl)c(I)c1=O. The second-order valence-corrected chi connectivity index (χ2v) is 5.02. The Morgan fingerprint density at radius 3 is 2.79 bits per heavy atom. The van der Waals surface area contributed by atoms with Crippen molar-refractivity contribution in [2.45, 2.75) is 19.9 Å². The summed E-state index contributed by atoms with van der Waals surface area (Å²) in [6, 6.07) is -1.47. The van der Waals surface area contributed by atoms with Crippen LogP contribution in [0.15, 0.2) is 11.1 Å². The van der Waals surface area contributed by atoms with Gasteiger partial charge in [-0.05, 0) is 36.4 Å². The molecule has 0 aromatic carbocycles. The average molecular weight is 399 g/mol. The Morgan fingerprint density at radius 1 is 1.58 bits per heavy atom. The lowest BCUT2D eigenvalue weighted by atomic mass is 10.3. The zero-order valence-electron chi connectivity index (χ0n) is 10.2. The Hall–Kier alpha value is -1.16. The Kier molecular flexibility index (Phi) is 5.73. The molecule has 1 rings (SSSR count). The van der Waals surface area contributed by atoms with Gasteiger partial charge in [-0.25, -0.2) is 9.78 Å². The fourth-order valence-electron chi connectivity index (χ4n) is 1.25. The first-order valence-corrected chi connectivity index (χ1v) is 6.85. The largest absolute Gasteiger partial charge is 0.338 e. The molecule has 1 heterocycles. The van der Waals surface area contributed by atoms with E-state index < -0.39 is 23.5 Å². The monoisotopic (exact) mass is 398 g/mol. The van der Waals surface area contributed by atoms with Gasteiger partial charge in [0.1, 0.15) is 14.8 Å². The van der Waals surface area contributed by atoms with Gasteiger partial charge in [-0.15, -0.1) is 0 Å². The van der Waals surface area contributed by atoms with E-state index in [9.17, 15) is 14.4 Å². The number of nitrogens with zero attached hydrogens (tertiary/aromatic N) is 2. The van der Waals surface area contributed by atoms with E-state index in [1.54, 1.807) is 29.5 Å². The summed E-state index contributed by atoms with van der Waals surface area (Å²) in [5, 5.41) is 4.63. The molecule has 0 aliphatic rings. The molecule has 3 amide bonds. The number of urea groups is 1. The molecule has 1 aromatic rings. The summed E-state index contributed by atoms with van der Waals surface area (Å²) in [6.07, 6.45) is 1.18. The first-order valence-electron chi connectivity index (χ1n) is 5.39. The normalized spacial score (nSPS) is 11.8. The van der Waals surface area contributed by atoms with Gasteiger partial charge in [0, 0.05) is 6.54 Å². The fourth-order valence-corrected chi connectivity index (χ4v) is 1.79. The molecule has 7 nitrogen and oxygen atoms in total. The van der Waals surface area contributed by atoms with E-state index in [2.05, 4.69) is 15.6 Å². The van der Waals surface area contributed by atoms with Crippen LogP contribution in [-0.4, -0.2) is 28.0 Å². The van der Waals surface area contributed by atoms with Crippen molar-refractivity contribution in [2.24, 2.45) is 0 Å². The molecule has 0 bridgehead atoms. The lowest BCUT2D eigenvalue weighted by Gasteiger charge is -2.14. The fraction of sp³-hybridized carbons (Fsp3) is 0.400. The molecular weight excluding hydrogens is 386 g/mol. The molecule has 0 saturated heterocycles. The van der Waals surface area contributed by atoms with E-state index in [1.807, 2.05) is 0 Å². The number of nitrogens with one attached hydrogen (secondary N) is 2. The third kappa shape index (κ3) is 3.90. The van der Waals surface area contributed by atoms with Crippen LogP contribution in [0.4, 0.5) is 4.79 Å². The first kappa shape index (κ1) is 15.9. The van der Waals surface area contributed by atoms with Gasteiger partial charge >= 0.3 is 6.03 Å². The van der Waals surface area contributed by atoms with Crippen molar-refractivity contribution in [1.82, 2.24) is 20.2 Å². The molecule has 0 radical (unpaired) electrons. The predicted molar refractivity (Wildman–Crippen MR) is 78.2 cm³/mol. The second kappa shape index (κ2) is 6.85. The van der Waals surface area contributed by atoms with Crippen molar-refractivity contribution < 1.29 is 9.59 Å². The maximum absolute atomic E-state index is 11.9. The van der Waals surface area contributed by atoms with Crippen LogP contribution in [0, 0.1) is 3.57 Å². The number of halogens is 2. The molecule has 9 heteroatoms. The minimum Gasteiger partial charge on any atom is -0.338 e. The molecule has 1 aromatic heterocycles. The summed E-state index contributed by atoms with van der Waals surface area (Å²) in [5.41, 5.74) is -0.431. The van der Waals surface area contributed by atoms with Crippen LogP contribution in [0.2, 0.25) is 5.15 Å². The van der Waals surface area contributed by atoms with Gasteiger partial charge in [-0.2, -0.15) is 0 Å². The minimum atomic E-state index is -0.867. The third-order valence-corrected chi connectivity index (χ3v) is 3.85. The van der Waals surface area contributed by atoms with Gasteiger partial charge in [-0.1, -0.05) is 11.6 Å². The van der Waals surface area contributed by atoms with E-state index in [4.69, 9.17) is 11.6 Å². The number of imide groups is 1. The van der Waals surface area contributed by atoms with Gasteiger partial charge in [0.05, 0.1) is 6.33 Å². The highest BCUT2D eigenvalue weighted by Crippen LogP contribution is 2.11. The van der Waals surface area contributed by atoms with Crippen LogP contribution in [-0.2, 0) is 4.79 Å². The molecule has 1 unspecified atom stereocenters. The summed E-state index contributed by atoms with van der Waals surface area (Å²) in [6.45, 7) is 3.61. The lowest BCUT2D eigenvalue weighted by Crippen LogP contribution is -2.44. The lowest BCUT2D eigenvalue weighted by molar-refractivity contribution is -0.122. The van der Waals surface area contributed by atoms with Crippen LogP contribution in [0.1, 0.15) is 19.9 Å². The van der Waals surface area contributed by atoms with Gasteiger partial charge < -0.3 is 5.32 Å².